The van der Waals surface area contributed by atoms with E-state index in [0.29, 0.717) is 18.5 Å². The summed E-state index contributed by atoms with van der Waals surface area (Å²) in [5.41, 5.74) is 1.61. The summed E-state index contributed by atoms with van der Waals surface area (Å²) in [5, 5.41) is 5.30. The van der Waals surface area contributed by atoms with Crippen molar-refractivity contribution in [2.45, 2.75) is 25.8 Å². The molecule has 0 unspecified atom stereocenters. The van der Waals surface area contributed by atoms with Gasteiger partial charge in [-0.3, -0.25) is 19.3 Å². The van der Waals surface area contributed by atoms with Gasteiger partial charge in [-0.15, -0.1) is 0 Å². The number of urea groups is 1. The zero-order chi connectivity index (χ0) is 22.4. The van der Waals surface area contributed by atoms with Gasteiger partial charge in [-0.2, -0.15) is 0 Å². The average Bonchev–Trinajstić information content (AvgIpc) is 2.98. The summed E-state index contributed by atoms with van der Waals surface area (Å²) in [6, 6.07) is 16.0. The summed E-state index contributed by atoms with van der Waals surface area (Å²) in [6.45, 7) is 2.94. The van der Waals surface area contributed by atoms with Gasteiger partial charge in [0.2, 0.25) is 0 Å². The second-order valence-electron chi connectivity index (χ2n) is 7.50. The highest BCUT2D eigenvalue weighted by molar-refractivity contribution is 6.08. The van der Waals surface area contributed by atoms with E-state index < -0.39 is 42.5 Å². The fourth-order valence-corrected chi connectivity index (χ4v) is 3.41. The van der Waals surface area contributed by atoms with E-state index in [-0.39, 0.29) is 0 Å². The Kier molecular flexibility index (Phi) is 6.69. The normalized spacial score (nSPS) is 17.9. The number of hydrogen-bond donors (Lipinski definition) is 2. The molecule has 3 rings (SSSR count). The summed E-state index contributed by atoms with van der Waals surface area (Å²) in [5.74, 6) is -1.84. The summed E-state index contributed by atoms with van der Waals surface area (Å²) in [7, 11) is 0. The van der Waals surface area contributed by atoms with Crippen molar-refractivity contribution in [1.29, 1.82) is 0 Å². The van der Waals surface area contributed by atoms with Crippen molar-refractivity contribution < 1.29 is 23.9 Å². The molecule has 2 aromatic carbocycles. The first-order chi connectivity index (χ1) is 14.8. The van der Waals surface area contributed by atoms with Crippen LogP contribution in [0.25, 0.3) is 0 Å². The van der Waals surface area contributed by atoms with E-state index in [0.717, 1.165) is 16.0 Å². The number of nitrogens with one attached hydrogen (secondary N) is 2. The van der Waals surface area contributed by atoms with Gasteiger partial charge in [0.15, 0.2) is 6.61 Å². The van der Waals surface area contributed by atoms with Gasteiger partial charge < -0.3 is 15.4 Å². The van der Waals surface area contributed by atoms with E-state index in [2.05, 4.69) is 10.6 Å². The third-order valence-electron chi connectivity index (χ3n) is 5.26. The molecule has 162 valence electrons. The smallest absolute Gasteiger partial charge is 0.326 e. The number of benzene rings is 2. The SMILES string of the molecule is Cc1ccccc1CCNC(=O)COC(=O)CN1C(=O)N[C@](C)(c2ccccc2)C1=O. The van der Waals surface area contributed by atoms with E-state index in [1.54, 1.807) is 37.3 Å². The minimum atomic E-state index is -1.26. The molecule has 0 radical (unpaired) electrons. The van der Waals surface area contributed by atoms with Crippen LogP contribution in [0.1, 0.15) is 23.6 Å². The molecule has 0 spiro atoms. The number of imide groups is 1. The van der Waals surface area contributed by atoms with Gasteiger partial charge in [-0.25, -0.2) is 4.79 Å². The number of carbonyl (C=O) groups excluding carboxylic acids is 4. The Morgan fingerprint density at radius 1 is 1.06 bits per heavy atom. The van der Waals surface area contributed by atoms with Crippen LogP contribution in [-0.2, 0) is 31.1 Å². The lowest BCUT2D eigenvalue weighted by Crippen LogP contribution is -2.42. The van der Waals surface area contributed by atoms with Crippen molar-refractivity contribution in [2.24, 2.45) is 0 Å². The molecule has 0 aromatic heterocycles. The molecule has 1 aliphatic heterocycles. The predicted molar refractivity (Wildman–Crippen MR) is 113 cm³/mol. The number of ether oxygens (including phenoxy) is 1. The maximum Gasteiger partial charge on any atom is 0.326 e. The van der Waals surface area contributed by atoms with Crippen LogP contribution in [0.5, 0.6) is 0 Å². The molecular formula is C23H25N3O5. The number of esters is 1. The zero-order valence-electron chi connectivity index (χ0n) is 17.5. The highest BCUT2D eigenvalue weighted by atomic mass is 16.5. The number of hydrogen-bond acceptors (Lipinski definition) is 5. The Bertz CT molecular complexity index is 992. The topological polar surface area (TPSA) is 105 Å². The summed E-state index contributed by atoms with van der Waals surface area (Å²) >= 11 is 0. The average molecular weight is 423 g/mol. The Morgan fingerprint density at radius 2 is 1.74 bits per heavy atom. The first-order valence-corrected chi connectivity index (χ1v) is 9.97. The lowest BCUT2D eigenvalue weighted by Gasteiger charge is -2.21. The van der Waals surface area contributed by atoms with Crippen molar-refractivity contribution >= 4 is 23.8 Å². The third kappa shape index (κ3) is 5.09. The molecule has 4 amide bonds. The second kappa shape index (κ2) is 9.42. The Labute approximate surface area is 180 Å². The van der Waals surface area contributed by atoms with Gasteiger partial charge in [-0.1, -0.05) is 54.6 Å². The van der Waals surface area contributed by atoms with Crippen molar-refractivity contribution in [1.82, 2.24) is 15.5 Å². The van der Waals surface area contributed by atoms with Gasteiger partial charge in [-0.05, 0) is 37.0 Å². The van der Waals surface area contributed by atoms with Gasteiger partial charge in [0.25, 0.3) is 11.8 Å². The number of nitrogens with zero attached hydrogens (tertiary/aromatic N) is 1. The summed E-state index contributed by atoms with van der Waals surface area (Å²) < 4.78 is 4.94. The number of aryl methyl sites for hydroxylation is 1. The fraction of sp³-hybridized carbons (Fsp3) is 0.304. The highest BCUT2D eigenvalue weighted by Crippen LogP contribution is 2.28. The molecule has 2 aromatic rings. The largest absolute Gasteiger partial charge is 0.454 e. The van der Waals surface area contributed by atoms with E-state index in [1.165, 1.54) is 0 Å². The van der Waals surface area contributed by atoms with Crippen LogP contribution < -0.4 is 10.6 Å². The molecule has 8 heteroatoms. The lowest BCUT2D eigenvalue weighted by atomic mass is 9.92. The van der Waals surface area contributed by atoms with Gasteiger partial charge in [0.05, 0.1) is 0 Å². The van der Waals surface area contributed by atoms with Crippen LogP contribution in [0.15, 0.2) is 54.6 Å². The van der Waals surface area contributed by atoms with Crippen molar-refractivity contribution in [3.8, 4) is 0 Å². The molecule has 0 aliphatic carbocycles. The van der Waals surface area contributed by atoms with E-state index in [1.807, 2.05) is 31.2 Å². The standard InChI is InChI=1S/C23H25N3O5/c1-16-8-6-7-9-17(16)12-13-24-19(27)15-31-20(28)14-26-21(29)23(2,25-22(26)30)18-10-4-3-5-11-18/h3-11H,12-15H2,1-2H3,(H,24,27)(H,25,30)/t23-/m1/s1. The second-order valence-corrected chi connectivity index (χ2v) is 7.50. The van der Waals surface area contributed by atoms with Crippen molar-refractivity contribution in [3.63, 3.8) is 0 Å². The first-order valence-electron chi connectivity index (χ1n) is 9.97. The molecule has 1 aliphatic rings. The summed E-state index contributed by atoms with van der Waals surface area (Å²) in [6.07, 6.45) is 0.660. The highest BCUT2D eigenvalue weighted by Gasteiger charge is 2.49. The number of carbonyl (C=O) groups is 4. The van der Waals surface area contributed by atoms with Crippen LogP contribution in [0, 0.1) is 6.92 Å². The van der Waals surface area contributed by atoms with Crippen LogP contribution in [0.4, 0.5) is 4.79 Å². The van der Waals surface area contributed by atoms with Crippen LogP contribution in [0.2, 0.25) is 0 Å². The monoisotopic (exact) mass is 423 g/mol. The van der Waals surface area contributed by atoms with Crippen molar-refractivity contribution in [2.75, 3.05) is 19.7 Å². The molecule has 1 saturated heterocycles. The summed E-state index contributed by atoms with van der Waals surface area (Å²) in [4.78, 5) is 49.9. The fourth-order valence-electron chi connectivity index (χ4n) is 3.41. The quantitative estimate of drug-likeness (QED) is 0.496. The zero-order valence-corrected chi connectivity index (χ0v) is 17.5. The van der Waals surface area contributed by atoms with E-state index in [4.69, 9.17) is 4.74 Å². The molecule has 8 nitrogen and oxygen atoms in total. The van der Waals surface area contributed by atoms with Crippen LogP contribution >= 0.6 is 0 Å². The molecular weight excluding hydrogens is 398 g/mol. The van der Waals surface area contributed by atoms with E-state index >= 15 is 0 Å². The van der Waals surface area contributed by atoms with Gasteiger partial charge >= 0.3 is 12.0 Å². The first kappa shape index (κ1) is 22.0. The molecule has 31 heavy (non-hydrogen) atoms. The molecule has 2 N–H and O–H groups in total. The van der Waals surface area contributed by atoms with Crippen LogP contribution in [0.3, 0.4) is 0 Å². The molecule has 1 atom stereocenters. The Morgan fingerprint density at radius 3 is 2.45 bits per heavy atom. The number of rotatable bonds is 8. The molecule has 1 heterocycles. The molecule has 1 fully saturated rings. The minimum absolute atomic E-state index is 0.406. The van der Waals surface area contributed by atoms with Crippen LogP contribution in [-0.4, -0.2) is 48.4 Å². The molecule has 0 bridgehead atoms. The van der Waals surface area contributed by atoms with Gasteiger partial charge in [0, 0.05) is 6.54 Å². The third-order valence-corrected chi connectivity index (χ3v) is 5.26. The lowest BCUT2D eigenvalue weighted by molar-refractivity contribution is -0.151. The minimum Gasteiger partial charge on any atom is -0.454 e. The number of amides is 4. The predicted octanol–water partition coefficient (Wildman–Crippen LogP) is 1.66. The molecule has 0 saturated carbocycles. The Balaban J connectivity index is 1.46. The maximum atomic E-state index is 12.8. The maximum absolute atomic E-state index is 12.8. The Hall–Kier alpha value is -3.68. The van der Waals surface area contributed by atoms with Gasteiger partial charge in [0.1, 0.15) is 12.1 Å². The van der Waals surface area contributed by atoms with Crippen molar-refractivity contribution in [3.05, 3.63) is 71.3 Å². The van der Waals surface area contributed by atoms with E-state index in [9.17, 15) is 19.2 Å².